The zero-order chi connectivity index (χ0) is 32.8. The van der Waals surface area contributed by atoms with Crippen LogP contribution in [0.3, 0.4) is 0 Å². The number of ether oxygens (including phenoxy) is 4. The number of aliphatic hydroxyl groups excluding tert-OH is 11. The maximum atomic E-state index is 10.8. The first-order valence-electron chi connectivity index (χ1n) is 15.3. The third-order valence-corrected chi connectivity index (χ3v) is 9.63. The van der Waals surface area contributed by atoms with Crippen molar-refractivity contribution in [1.82, 2.24) is 5.32 Å². The zero-order valence-corrected chi connectivity index (χ0v) is 25.3. The topological polar surface area (TPSA) is 271 Å². The van der Waals surface area contributed by atoms with Crippen LogP contribution in [0.2, 0.25) is 0 Å². The molecule has 16 nitrogen and oxygen atoms in total. The number of rotatable bonds is 13. The van der Waals surface area contributed by atoms with Gasteiger partial charge in [0.15, 0.2) is 6.29 Å². The van der Waals surface area contributed by atoms with E-state index in [1.807, 2.05) is 0 Å². The maximum absolute atomic E-state index is 10.8. The van der Waals surface area contributed by atoms with Gasteiger partial charge >= 0.3 is 0 Å². The second-order valence-electron chi connectivity index (χ2n) is 12.6. The molecule has 16 heteroatoms. The molecule has 2 saturated carbocycles. The molecule has 0 radical (unpaired) electrons. The van der Waals surface area contributed by atoms with E-state index >= 15 is 0 Å². The Morgan fingerprint density at radius 3 is 1.45 bits per heavy atom. The molecule has 44 heavy (non-hydrogen) atoms. The fraction of sp³-hybridized carbons (Fsp3) is 1.00. The molecule has 1 aliphatic heterocycles. The monoisotopic (exact) mass is 643 g/mol. The highest BCUT2D eigenvalue weighted by molar-refractivity contribution is 4.95. The van der Waals surface area contributed by atoms with Crippen LogP contribution in [0.15, 0.2) is 0 Å². The summed E-state index contributed by atoms with van der Waals surface area (Å²) in [5, 5.41) is 116. The van der Waals surface area contributed by atoms with Gasteiger partial charge in [-0.25, -0.2) is 0 Å². The molecule has 0 amide bonds. The van der Waals surface area contributed by atoms with Crippen LogP contribution >= 0.6 is 0 Å². The van der Waals surface area contributed by atoms with E-state index in [1.165, 1.54) is 0 Å². The van der Waals surface area contributed by atoms with Crippen LogP contribution in [-0.2, 0) is 18.9 Å². The number of nitrogens with one attached hydrogen (secondary N) is 1. The molecule has 0 aromatic heterocycles. The lowest BCUT2D eigenvalue weighted by molar-refractivity contribution is -0.288. The predicted octanol–water partition coefficient (Wildman–Crippen LogP) is -5.22. The molecule has 12 N–H and O–H groups in total. The van der Waals surface area contributed by atoms with Crippen LogP contribution < -0.4 is 5.32 Å². The Labute approximate surface area is 256 Å². The summed E-state index contributed by atoms with van der Waals surface area (Å²) in [6.45, 7) is -0.425. The highest BCUT2D eigenvalue weighted by Crippen LogP contribution is 2.31. The van der Waals surface area contributed by atoms with E-state index in [0.29, 0.717) is 0 Å². The van der Waals surface area contributed by atoms with Crippen LogP contribution in [0.4, 0.5) is 0 Å². The van der Waals surface area contributed by atoms with E-state index in [4.69, 9.17) is 18.9 Å². The molecule has 3 rings (SSSR count). The summed E-state index contributed by atoms with van der Waals surface area (Å²) in [4.78, 5) is 0. The normalized spacial score (nSPS) is 45.3. The van der Waals surface area contributed by atoms with Crippen molar-refractivity contribution in [2.75, 3.05) is 46.7 Å². The van der Waals surface area contributed by atoms with E-state index < -0.39 is 117 Å². The Morgan fingerprint density at radius 2 is 1.05 bits per heavy atom. The van der Waals surface area contributed by atoms with Gasteiger partial charge in [0.25, 0.3) is 0 Å². The van der Waals surface area contributed by atoms with Crippen molar-refractivity contribution in [3.8, 4) is 0 Å². The first kappa shape index (κ1) is 37.8. The van der Waals surface area contributed by atoms with Crippen LogP contribution in [0, 0.1) is 17.8 Å². The fourth-order valence-corrected chi connectivity index (χ4v) is 6.13. The minimum Gasteiger partial charge on any atom is -0.396 e. The summed E-state index contributed by atoms with van der Waals surface area (Å²) in [6, 6.07) is 0. The van der Waals surface area contributed by atoms with Gasteiger partial charge < -0.3 is 80.4 Å². The number of hydrogen-bond acceptors (Lipinski definition) is 16. The van der Waals surface area contributed by atoms with Crippen molar-refractivity contribution in [2.24, 2.45) is 17.8 Å². The van der Waals surface area contributed by atoms with Gasteiger partial charge in [0.2, 0.25) is 0 Å². The van der Waals surface area contributed by atoms with Crippen molar-refractivity contribution >= 4 is 0 Å². The van der Waals surface area contributed by atoms with Gasteiger partial charge in [-0.2, -0.15) is 0 Å². The highest BCUT2D eigenvalue weighted by Gasteiger charge is 2.46. The third-order valence-electron chi connectivity index (χ3n) is 9.63. The van der Waals surface area contributed by atoms with E-state index in [9.17, 15) is 56.2 Å². The SMILES string of the molecule is CNC(COC1CCC(CO)C(O)C(O)C1O)(COC1CCC(CO)C(O)C(O)C1O)COC1OC(CO)C(O)C(O)C1C. The maximum Gasteiger partial charge on any atom is 0.163 e. The van der Waals surface area contributed by atoms with E-state index in [-0.39, 0.29) is 45.5 Å². The van der Waals surface area contributed by atoms with Crippen molar-refractivity contribution < 1.29 is 75.1 Å². The van der Waals surface area contributed by atoms with Gasteiger partial charge in [-0.1, -0.05) is 6.92 Å². The van der Waals surface area contributed by atoms with E-state index in [1.54, 1.807) is 14.0 Å². The summed E-state index contributed by atoms with van der Waals surface area (Å²) < 4.78 is 23.9. The van der Waals surface area contributed by atoms with Gasteiger partial charge in [0, 0.05) is 31.0 Å². The second-order valence-corrected chi connectivity index (χ2v) is 12.6. The molecular weight excluding hydrogens is 590 g/mol. The summed E-state index contributed by atoms with van der Waals surface area (Å²) in [5.41, 5.74) is -1.25. The summed E-state index contributed by atoms with van der Waals surface area (Å²) in [7, 11) is 1.57. The van der Waals surface area contributed by atoms with E-state index in [2.05, 4.69) is 5.32 Å². The fourth-order valence-electron chi connectivity index (χ4n) is 6.13. The Kier molecular flexibility index (Phi) is 14.6. The third kappa shape index (κ3) is 8.63. The molecule has 1 heterocycles. The zero-order valence-electron chi connectivity index (χ0n) is 25.3. The lowest BCUT2D eigenvalue weighted by Crippen LogP contribution is -2.60. The van der Waals surface area contributed by atoms with Gasteiger partial charge in [0.05, 0.1) is 62.5 Å². The molecule has 2 aliphatic carbocycles. The first-order chi connectivity index (χ1) is 20.8. The smallest absolute Gasteiger partial charge is 0.163 e. The Morgan fingerprint density at radius 1 is 0.591 bits per heavy atom. The van der Waals surface area contributed by atoms with Crippen LogP contribution in [0.25, 0.3) is 0 Å². The molecule has 0 aromatic carbocycles. The Hall–Kier alpha value is -0.640. The van der Waals surface area contributed by atoms with Crippen LogP contribution in [-0.4, -0.2) is 182 Å². The van der Waals surface area contributed by atoms with Gasteiger partial charge in [0.1, 0.15) is 36.6 Å². The number of likely N-dealkylation sites (N-methyl/N-ethyl adjacent to an activating group) is 1. The Bertz CT molecular complexity index is 799. The minimum absolute atomic E-state index is 0.195. The minimum atomic E-state index is -1.58. The molecule has 3 fully saturated rings. The predicted molar refractivity (Wildman–Crippen MR) is 150 cm³/mol. The molecule has 0 bridgehead atoms. The number of hydrogen-bond donors (Lipinski definition) is 12. The standard InChI is InChI=1S/C28H53NO15/c1-13-19(33)24(38)18(9-32)44-27(13)43-12-28(29-2,10-41-16-5-3-14(7-30)20(34)25(39)22(16)36)11-42-17-6-4-15(8-31)21(35)26(40)23(17)37/h13-27,29-40H,3-12H2,1-2H3. The first-order valence-corrected chi connectivity index (χ1v) is 15.3. The number of aliphatic hydroxyl groups is 11. The average molecular weight is 644 g/mol. The summed E-state index contributed by atoms with van der Waals surface area (Å²) in [6.07, 6.45) is -14.7. The lowest BCUT2D eigenvalue weighted by Gasteiger charge is -2.43. The molecule has 1 saturated heterocycles. The van der Waals surface area contributed by atoms with Crippen molar-refractivity contribution in [1.29, 1.82) is 0 Å². The average Bonchev–Trinajstić information content (AvgIpc) is 3.20. The Balaban J connectivity index is 1.80. The molecule has 15 unspecified atom stereocenters. The van der Waals surface area contributed by atoms with Crippen molar-refractivity contribution in [3.63, 3.8) is 0 Å². The molecule has 15 atom stereocenters. The van der Waals surface area contributed by atoms with Crippen molar-refractivity contribution in [2.45, 2.75) is 112 Å². The van der Waals surface area contributed by atoms with Gasteiger partial charge in [-0.05, 0) is 32.7 Å². The summed E-state index contributed by atoms with van der Waals surface area (Å²) in [5.74, 6) is -2.04. The van der Waals surface area contributed by atoms with Crippen LogP contribution in [0.1, 0.15) is 32.6 Å². The molecule has 3 aliphatic rings. The quantitative estimate of drug-likeness (QED) is 0.0836. The van der Waals surface area contributed by atoms with E-state index in [0.717, 1.165) is 0 Å². The molecule has 0 aromatic rings. The van der Waals surface area contributed by atoms with Crippen LogP contribution in [0.5, 0.6) is 0 Å². The summed E-state index contributed by atoms with van der Waals surface area (Å²) >= 11 is 0. The molecular formula is C28H53NO15. The lowest BCUT2D eigenvalue weighted by atomic mass is 9.92. The highest BCUT2D eigenvalue weighted by atomic mass is 16.7. The van der Waals surface area contributed by atoms with Gasteiger partial charge in [-0.3, -0.25) is 0 Å². The van der Waals surface area contributed by atoms with Crippen molar-refractivity contribution in [3.05, 3.63) is 0 Å². The largest absolute Gasteiger partial charge is 0.396 e. The van der Waals surface area contributed by atoms with Gasteiger partial charge in [-0.15, -0.1) is 0 Å². The molecule has 260 valence electrons. The second kappa shape index (κ2) is 17.0. The molecule has 0 spiro atoms.